The number of hydrogen-bond acceptors (Lipinski definition) is 4. The van der Waals surface area contributed by atoms with Crippen LogP contribution in [0.15, 0.2) is 41.8 Å². The monoisotopic (exact) mass is 431 g/mol. The molecule has 158 valence electrons. The molecule has 0 spiro atoms. The van der Waals surface area contributed by atoms with E-state index in [2.05, 4.69) is 10.3 Å². The molecule has 1 aliphatic heterocycles. The standard InChI is InChI=1S/C17H20F3N5O3S/c1-23-11-15(21-12-23)29(27,28)25-7-3-6-24(8-9-25)16(26)22-14-5-2-4-13(10-14)17(18,19)20/h2,4-5,10-12H,3,6-9H2,1H3,(H,22,26). The summed E-state index contributed by atoms with van der Waals surface area (Å²) in [5.41, 5.74) is -0.842. The van der Waals surface area contributed by atoms with Crippen LogP contribution in [0.3, 0.4) is 0 Å². The van der Waals surface area contributed by atoms with Crippen LogP contribution in [0.1, 0.15) is 12.0 Å². The Hall–Kier alpha value is -2.60. The van der Waals surface area contributed by atoms with Crippen molar-refractivity contribution in [1.82, 2.24) is 18.8 Å². The summed E-state index contributed by atoms with van der Waals surface area (Å²) in [6.07, 6.45) is -1.33. The van der Waals surface area contributed by atoms with Crippen LogP contribution in [0.5, 0.6) is 0 Å². The third-order valence-electron chi connectivity index (χ3n) is 4.47. The third kappa shape index (κ3) is 4.88. The molecule has 2 aromatic rings. The molecule has 2 amide bonds. The van der Waals surface area contributed by atoms with Crippen molar-refractivity contribution in [3.8, 4) is 0 Å². The molecule has 8 nitrogen and oxygen atoms in total. The maximum Gasteiger partial charge on any atom is 0.416 e. The number of alkyl halides is 3. The lowest BCUT2D eigenvalue weighted by atomic mass is 10.2. The Labute approximate surface area is 166 Å². The Morgan fingerprint density at radius 2 is 1.93 bits per heavy atom. The number of anilines is 1. The van der Waals surface area contributed by atoms with Crippen LogP contribution in [-0.2, 0) is 23.2 Å². The molecule has 1 fully saturated rings. The average molecular weight is 431 g/mol. The highest BCUT2D eigenvalue weighted by Crippen LogP contribution is 2.30. The number of rotatable bonds is 3. The summed E-state index contributed by atoms with van der Waals surface area (Å²) in [4.78, 5) is 17.7. The van der Waals surface area contributed by atoms with Gasteiger partial charge < -0.3 is 14.8 Å². The molecule has 29 heavy (non-hydrogen) atoms. The molecule has 0 atom stereocenters. The van der Waals surface area contributed by atoms with Crippen molar-refractivity contribution in [2.24, 2.45) is 7.05 Å². The molecule has 1 aromatic heterocycles. The van der Waals surface area contributed by atoms with E-state index in [0.717, 1.165) is 12.1 Å². The Morgan fingerprint density at radius 3 is 2.59 bits per heavy atom. The fourth-order valence-electron chi connectivity index (χ4n) is 2.97. The van der Waals surface area contributed by atoms with Crippen LogP contribution < -0.4 is 5.32 Å². The van der Waals surface area contributed by atoms with E-state index in [0.29, 0.717) is 6.42 Å². The number of benzene rings is 1. The van der Waals surface area contributed by atoms with Gasteiger partial charge in [0.25, 0.3) is 10.0 Å². The SMILES string of the molecule is Cn1cnc(S(=O)(=O)N2CCCN(C(=O)Nc3cccc(C(F)(F)F)c3)CC2)c1. The minimum Gasteiger partial charge on any atom is -0.339 e. The molecular weight excluding hydrogens is 411 g/mol. The zero-order valence-corrected chi connectivity index (χ0v) is 16.4. The topological polar surface area (TPSA) is 87.5 Å². The first kappa shape index (κ1) is 21.1. The van der Waals surface area contributed by atoms with Crippen molar-refractivity contribution in [1.29, 1.82) is 0 Å². The maximum atomic E-state index is 12.8. The zero-order valence-electron chi connectivity index (χ0n) is 15.6. The molecular formula is C17H20F3N5O3S. The second-order valence-electron chi connectivity index (χ2n) is 6.63. The molecule has 1 aliphatic rings. The van der Waals surface area contributed by atoms with Crippen LogP contribution in [0.4, 0.5) is 23.7 Å². The van der Waals surface area contributed by atoms with E-state index < -0.39 is 27.8 Å². The normalized spacial score (nSPS) is 16.5. The average Bonchev–Trinajstić information content (AvgIpc) is 2.94. The van der Waals surface area contributed by atoms with Crippen molar-refractivity contribution in [2.45, 2.75) is 17.6 Å². The molecule has 0 aliphatic carbocycles. The number of nitrogens with zero attached hydrogens (tertiary/aromatic N) is 4. The van der Waals surface area contributed by atoms with Gasteiger partial charge in [0.05, 0.1) is 11.9 Å². The summed E-state index contributed by atoms with van der Waals surface area (Å²) < 4.78 is 66.6. The first-order valence-electron chi connectivity index (χ1n) is 8.79. The van der Waals surface area contributed by atoms with E-state index in [1.54, 1.807) is 7.05 Å². The summed E-state index contributed by atoms with van der Waals surface area (Å²) in [6.45, 7) is 0.664. The van der Waals surface area contributed by atoms with Gasteiger partial charge in [-0.2, -0.15) is 17.5 Å². The molecule has 0 radical (unpaired) electrons. The number of sulfonamides is 1. The number of halogens is 3. The van der Waals surface area contributed by atoms with Gasteiger partial charge >= 0.3 is 12.2 Å². The molecule has 2 heterocycles. The van der Waals surface area contributed by atoms with E-state index >= 15 is 0 Å². The van der Waals surface area contributed by atoms with Gasteiger partial charge in [0.1, 0.15) is 0 Å². The molecule has 0 bridgehead atoms. The van der Waals surface area contributed by atoms with E-state index in [1.807, 2.05) is 0 Å². The van der Waals surface area contributed by atoms with Gasteiger partial charge in [0.2, 0.25) is 0 Å². The van der Waals surface area contributed by atoms with Gasteiger partial charge in [-0.25, -0.2) is 18.2 Å². The maximum absolute atomic E-state index is 12.8. The molecule has 3 rings (SSSR count). The van der Waals surface area contributed by atoms with Crippen LogP contribution in [0.25, 0.3) is 0 Å². The summed E-state index contributed by atoms with van der Waals surface area (Å²) >= 11 is 0. The number of imidazole rings is 1. The molecule has 12 heteroatoms. The third-order valence-corrected chi connectivity index (χ3v) is 6.25. The fourth-order valence-corrected chi connectivity index (χ4v) is 4.40. The van der Waals surface area contributed by atoms with Gasteiger partial charge in [-0.1, -0.05) is 6.07 Å². The number of urea groups is 1. The summed E-state index contributed by atoms with van der Waals surface area (Å²) in [5.74, 6) is 0. The highest BCUT2D eigenvalue weighted by molar-refractivity contribution is 7.89. The van der Waals surface area contributed by atoms with Crippen LogP contribution in [-0.4, -0.2) is 59.4 Å². The van der Waals surface area contributed by atoms with Gasteiger partial charge in [-0.3, -0.25) is 0 Å². The largest absolute Gasteiger partial charge is 0.416 e. The summed E-state index contributed by atoms with van der Waals surface area (Å²) in [6, 6.07) is 3.77. The summed E-state index contributed by atoms with van der Waals surface area (Å²) in [7, 11) is -2.12. The van der Waals surface area contributed by atoms with Gasteiger partial charge in [-0.05, 0) is 24.6 Å². The number of carbonyl (C=O) groups is 1. The molecule has 1 N–H and O–H groups in total. The molecule has 0 saturated carbocycles. The van der Waals surface area contributed by atoms with Gasteiger partial charge in [-0.15, -0.1) is 0 Å². The second-order valence-corrected chi connectivity index (χ2v) is 8.52. The van der Waals surface area contributed by atoms with Crippen molar-refractivity contribution in [3.05, 3.63) is 42.4 Å². The predicted octanol–water partition coefficient (Wildman–Crippen LogP) is 2.37. The van der Waals surface area contributed by atoms with Gasteiger partial charge in [0.15, 0.2) is 5.03 Å². The lowest BCUT2D eigenvalue weighted by Gasteiger charge is -2.22. The quantitative estimate of drug-likeness (QED) is 0.808. The van der Waals surface area contributed by atoms with E-state index in [1.165, 1.54) is 38.4 Å². The van der Waals surface area contributed by atoms with Crippen LogP contribution in [0, 0.1) is 0 Å². The number of nitrogens with one attached hydrogen (secondary N) is 1. The lowest BCUT2D eigenvalue weighted by molar-refractivity contribution is -0.137. The molecule has 1 aromatic carbocycles. The fraction of sp³-hybridized carbons (Fsp3) is 0.412. The minimum atomic E-state index is -4.51. The van der Waals surface area contributed by atoms with Crippen LogP contribution in [0.2, 0.25) is 0 Å². The molecule has 0 unspecified atom stereocenters. The number of aryl methyl sites for hydroxylation is 1. The van der Waals surface area contributed by atoms with Crippen molar-refractivity contribution >= 4 is 21.7 Å². The first-order chi connectivity index (χ1) is 13.6. The lowest BCUT2D eigenvalue weighted by Crippen LogP contribution is -2.39. The second kappa shape index (κ2) is 8.03. The van der Waals surface area contributed by atoms with E-state index in [-0.39, 0.29) is 36.9 Å². The van der Waals surface area contributed by atoms with Gasteiger partial charge in [0, 0.05) is 45.1 Å². The smallest absolute Gasteiger partial charge is 0.339 e. The van der Waals surface area contributed by atoms with Crippen molar-refractivity contribution in [2.75, 3.05) is 31.5 Å². The van der Waals surface area contributed by atoms with E-state index in [4.69, 9.17) is 0 Å². The van der Waals surface area contributed by atoms with Crippen LogP contribution >= 0.6 is 0 Å². The number of aromatic nitrogens is 2. The number of hydrogen-bond donors (Lipinski definition) is 1. The van der Waals surface area contributed by atoms with Crippen molar-refractivity contribution < 1.29 is 26.4 Å². The van der Waals surface area contributed by atoms with E-state index in [9.17, 15) is 26.4 Å². The predicted molar refractivity (Wildman–Crippen MR) is 98.6 cm³/mol. The Kier molecular flexibility index (Phi) is 5.85. The highest BCUT2D eigenvalue weighted by atomic mass is 32.2. The zero-order chi connectivity index (χ0) is 21.2. The van der Waals surface area contributed by atoms with Crippen molar-refractivity contribution in [3.63, 3.8) is 0 Å². The minimum absolute atomic E-state index is 0.0204. The highest BCUT2D eigenvalue weighted by Gasteiger charge is 2.31. The Bertz CT molecular complexity index is 990. The Balaban J connectivity index is 1.66. The Morgan fingerprint density at radius 1 is 1.17 bits per heavy atom. The summed E-state index contributed by atoms with van der Waals surface area (Å²) in [5, 5.41) is 2.38. The first-order valence-corrected chi connectivity index (χ1v) is 10.2. The number of carbonyl (C=O) groups excluding carboxylic acids is 1. The number of amides is 2. The molecule has 1 saturated heterocycles.